The Balaban J connectivity index is 1.14. The number of rotatable bonds is 18. The standard InChI is InChI=1S/C44H48F2N4OS3/c1-5-9-11-27(7-3)13-15-29-17-19-31(33(45)25-29)35-21-23-37(52-35)39-41-42(48-51-47-41)40(44-43(39)49-54-50-44)38-24-22-36(53-38)32-20-18-30(26-34(32)46)16-14-28(8-4)12-10-6-2/h17-28H,5-16H2,1-4H3. The van der Waals surface area contributed by atoms with Crippen molar-refractivity contribution in [3.63, 3.8) is 0 Å². The first kappa shape index (κ1) is 38.4. The molecule has 3 aromatic carbocycles. The number of benzene rings is 3. The van der Waals surface area contributed by atoms with E-state index < -0.39 is 0 Å². The summed E-state index contributed by atoms with van der Waals surface area (Å²) in [4.78, 5) is 3.41. The van der Waals surface area contributed by atoms with E-state index in [0.717, 1.165) is 91.6 Å². The van der Waals surface area contributed by atoms with Crippen LogP contribution in [0.25, 0.3) is 52.8 Å². The molecule has 0 spiro atoms. The van der Waals surface area contributed by atoms with Gasteiger partial charge >= 0.3 is 0 Å². The summed E-state index contributed by atoms with van der Waals surface area (Å²) in [5.41, 5.74) is 7.28. The fourth-order valence-corrected chi connectivity index (χ4v) is 10.3. The van der Waals surface area contributed by atoms with Gasteiger partial charge in [-0.2, -0.15) is 8.73 Å². The van der Waals surface area contributed by atoms with Crippen LogP contribution in [-0.2, 0) is 24.2 Å². The number of hydrogen-bond donors (Lipinski definition) is 0. The highest BCUT2D eigenvalue weighted by Gasteiger charge is 2.29. The van der Waals surface area contributed by atoms with E-state index in [1.165, 1.54) is 61.2 Å². The van der Waals surface area contributed by atoms with Gasteiger partial charge in [-0.25, -0.2) is 13.4 Å². The predicted octanol–water partition coefficient (Wildman–Crippen LogP) is 15.3. The number of fused-ring (bicyclic) bond motifs is 2. The van der Waals surface area contributed by atoms with Crippen LogP contribution in [0, 0.1) is 23.5 Å². The summed E-state index contributed by atoms with van der Waals surface area (Å²) in [6.45, 7) is 8.97. The SMILES string of the molecule is CCCCC(CC)CCc1ccc(-c2ccc(-c3c4c(c(-c5ccc(-c6ccc(CCC(CC)CCCC)cc6F)s5)c5nonc35)N=S=N4)s2)c(F)c1. The Hall–Kier alpha value is -3.86. The lowest BCUT2D eigenvalue weighted by atomic mass is 9.92. The number of thiophene rings is 2. The molecule has 0 saturated carbocycles. The van der Waals surface area contributed by atoms with Gasteiger partial charge in [-0.3, -0.25) is 0 Å². The molecular weight excluding hydrogens is 735 g/mol. The highest BCUT2D eigenvalue weighted by atomic mass is 32.1. The molecule has 0 fully saturated rings. The lowest BCUT2D eigenvalue weighted by Gasteiger charge is -2.14. The largest absolute Gasteiger partial charge is 0.243 e. The predicted molar refractivity (Wildman–Crippen MR) is 224 cm³/mol. The maximum atomic E-state index is 15.6. The third-order valence-corrected chi connectivity index (χ3v) is 13.8. The first-order valence-electron chi connectivity index (χ1n) is 19.6. The van der Waals surface area contributed by atoms with Crippen LogP contribution in [0.1, 0.15) is 103 Å². The van der Waals surface area contributed by atoms with Crippen LogP contribution in [0.15, 0.2) is 74.0 Å². The average Bonchev–Trinajstić information content (AvgIpc) is 4.02. The summed E-state index contributed by atoms with van der Waals surface area (Å²) in [6.07, 6.45) is 13.7. The molecule has 0 radical (unpaired) electrons. The maximum Gasteiger partial charge on any atom is 0.146 e. The minimum Gasteiger partial charge on any atom is -0.243 e. The summed E-state index contributed by atoms with van der Waals surface area (Å²) in [7, 11) is 0. The van der Waals surface area contributed by atoms with E-state index in [1.54, 1.807) is 12.1 Å². The van der Waals surface area contributed by atoms with Gasteiger partial charge in [0.1, 0.15) is 34.0 Å². The van der Waals surface area contributed by atoms with Gasteiger partial charge in [-0.15, -0.1) is 22.7 Å². The van der Waals surface area contributed by atoms with Gasteiger partial charge in [0, 0.05) is 30.6 Å². The average molecular weight is 783 g/mol. The highest BCUT2D eigenvalue weighted by molar-refractivity contribution is 7.58. The zero-order chi connectivity index (χ0) is 37.6. The van der Waals surface area contributed by atoms with Crippen LogP contribution in [0.4, 0.5) is 20.2 Å². The van der Waals surface area contributed by atoms with E-state index in [0.29, 0.717) is 45.4 Å². The van der Waals surface area contributed by atoms with Crippen LogP contribution in [0.5, 0.6) is 0 Å². The quantitative estimate of drug-likeness (QED) is 0.0871. The fraction of sp³-hybridized carbons (Fsp3) is 0.409. The molecule has 0 aliphatic carbocycles. The maximum absolute atomic E-state index is 15.6. The Labute approximate surface area is 329 Å². The number of halogens is 2. The van der Waals surface area contributed by atoms with Gasteiger partial charge in [0.25, 0.3) is 0 Å². The number of unbranched alkanes of at least 4 members (excludes halogenated alkanes) is 2. The van der Waals surface area contributed by atoms with Gasteiger partial charge in [-0.1, -0.05) is 103 Å². The number of hydrogen-bond acceptors (Lipinski definition) is 7. The minimum atomic E-state index is -0.210. The van der Waals surface area contributed by atoms with Gasteiger partial charge in [-0.05, 0) is 95.4 Å². The molecule has 0 bridgehead atoms. The first-order chi connectivity index (χ1) is 26.4. The van der Waals surface area contributed by atoms with E-state index in [1.807, 2.05) is 36.4 Å². The van der Waals surface area contributed by atoms with Crippen molar-refractivity contribution in [3.8, 4) is 41.8 Å². The molecule has 10 heteroatoms. The highest BCUT2D eigenvalue weighted by Crippen LogP contribution is 2.54. The van der Waals surface area contributed by atoms with Gasteiger partial charge in [0.2, 0.25) is 0 Å². The molecule has 1 aliphatic heterocycles. The Morgan fingerprint density at radius 2 is 1.02 bits per heavy atom. The Kier molecular flexibility index (Phi) is 12.6. The third-order valence-electron chi connectivity index (χ3n) is 11.0. The molecule has 54 heavy (non-hydrogen) atoms. The molecule has 7 rings (SSSR count). The lowest BCUT2D eigenvalue weighted by molar-refractivity contribution is 0.315. The molecular formula is C44H48F2N4OS3. The molecule has 6 aromatic rings. The van der Waals surface area contributed by atoms with Gasteiger partial charge in [0.05, 0.1) is 22.5 Å². The van der Waals surface area contributed by atoms with Crippen molar-refractivity contribution in [1.82, 2.24) is 10.3 Å². The van der Waals surface area contributed by atoms with Crippen LogP contribution >= 0.6 is 22.7 Å². The number of aromatic nitrogens is 2. The molecule has 5 nitrogen and oxygen atoms in total. The second-order valence-electron chi connectivity index (χ2n) is 14.5. The molecule has 3 aromatic heterocycles. The third kappa shape index (κ3) is 8.21. The summed E-state index contributed by atoms with van der Waals surface area (Å²) in [5.74, 6) is 0.951. The van der Waals surface area contributed by atoms with E-state index in [4.69, 9.17) is 13.4 Å². The first-order valence-corrected chi connectivity index (χ1v) is 22.0. The van der Waals surface area contributed by atoms with E-state index >= 15 is 8.78 Å². The molecule has 1 aliphatic rings. The monoisotopic (exact) mass is 782 g/mol. The van der Waals surface area contributed by atoms with E-state index in [2.05, 4.69) is 50.1 Å². The fourth-order valence-electron chi connectivity index (χ4n) is 7.62. The van der Waals surface area contributed by atoms with Crippen molar-refractivity contribution in [1.29, 1.82) is 0 Å². The Morgan fingerprint density at radius 1 is 0.574 bits per heavy atom. The smallest absolute Gasteiger partial charge is 0.146 e. The molecule has 0 saturated heterocycles. The molecule has 4 heterocycles. The second-order valence-corrected chi connectivity index (χ2v) is 17.2. The van der Waals surface area contributed by atoms with Crippen molar-refractivity contribution < 1.29 is 13.4 Å². The van der Waals surface area contributed by atoms with Crippen molar-refractivity contribution in [2.45, 2.75) is 105 Å². The summed E-state index contributed by atoms with van der Waals surface area (Å²) in [5, 5.41) is 8.70. The van der Waals surface area contributed by atoms with Gasteiger partial charge in [0.15, 0.2) is 0 Å². The summed E-state index contributed by atoms with van der Waals surface area (Å²) < 4.78 is 46.0. The Morgan fingerprint density at radius 3 is 1.43 bits per heavy atom. The minimum absolute atomic E-state index is 0.210. The van der Waals surface area contributed by atoms with E-state index in [-0.39, 0.29) is 11.6 Å². The van der Waals surface area contributed by atoms with Crippen LogP contribution < -0.4 is 0 Å². The zero-order valence-electron chi connectivity index (χ0n) is 31.6. The molecule has 282 valence electrons. The normalized spacial score (nSPS) is 13.4. The Bertz CT molecular complexity index is 2150. The molecule has 2 atom stereocenters. The van der Waals surface area contributed by atoms with Crippen LogP contribution in [-0.4, -0.2) is 10.3 Å². The molecule has 0 N–H and O–H groups in total. The van der Waals surface area contributed by atoms with Crippen molar-refractivity contribution in [2.24, 2.45) is 20.6 Å². The number of nitrogens with zero attached hydrogens (tertiary/aromatic N) is 4. The topological polar surface area (TPSA) is 63.6 Å². The van der Waals surface area contributed by atoms with Crippen molar-refractivity contribution in [2.75, 3.05) is 0 Å². The van der Waals surface area contributed by atoms with Gasteiger partial charge < -0.3 is 0 Å². The zero-order valence-corrected chi connectivity index (χ0v) is 34.0. The lowest BCUT2D eigenvalue weighted by Crippen LogP contribution is -2.01. The summed E-state index contributed by atoms with van der Waals surface area (Å²) >= 11 is 4.11. The summed E-state index contributed by atoms with van der Waals surface area (Å²) in [6, 6.07) is 19.2. The van der Waals surface area contributed by atoms with Crippen molar-refractivity contribution in [3.05, 3.63) is 83.4 Å². The molecule has 2 unspecified atom stereocenters. The van der Waals surface area contributed by atoms with Crippen LogP contribution in [0.2, 0.25) is 0 Å². The second kappa shape index (κ2) is 17.7. The van der Waals surface area contributed by atoms with E-state index in [9.17, 15) is 0 Å². The van der Waals surface area contributed by atoms with Crippen LogP contribution in [0.3, 0.4) is 0 Å². The molecule has 0 amide bonds. The number of aryl methyl sites for hydroxylation is 2. The van der Waals surface area contributed by atoms with Crippen molar-refractivity contribution >= 4 is 56.4 Å².